The van der Waals surface area contributed by atoms with Gasteiger partial charge >= 0.3 is 23.9 Å². The maximum atomic E-state index is 13.9. The largest absolute Gasteiger partial charge is 0.469 e. The zero-order valence-electron chi connectivity index (χ0n) is 27.9. The summed E-state index contributed by atoms with van der Waals surface area (Å²) in [5.74, 6) is 1.13. The van der Waals surface area contributed by atoms with Crippen LogP contribution in [0.2, 0.25) is 0 Å². The molecule has 0 amide bonds. The standard InChI is InChI=1S/C37H52O8/c1-20(2)33(40)44-36(26-10-22-8-23(12-26)13-27(36)11-22)19-32(39)43-35(5,6)17-29-25-9-24-14-28(16-25)37(30(29)15-24,18-31(38)42-7)45-34(41)21(3)4/h22-30H,1,3,8-19H2,2,4-7H3. The minimum Gasteiger partial charge on any atom is -0.469 e. The van der Waals surface area contributed by atoms with Crippen molar-refractivity contribution >= 4 is 23.9 Å². The van der Waals surface area contributed by atoms with Gasteiger partial charge in [0.25, 0.3) is 0 Å². The SMILES string of the molecule is C=C(C)C(=O)OC1(CC(=O)OC(C)(C)CC2C3CC4CC(C3)C(CC(=O)OC)(OC(=O)C(=C)C)C2C4)C2CC3CC(C2)CC1C3. The van der Waals surface area contributed by atoms with Gasteiger partial charge in [-0.1, -0.05) is 13.2 Å². The Bertz CT molecular complexity index is 1250. The normalized spacial score (nSPS) is 40.5. The topological polar surface area (TPSA) is 105 Å². The van der Waals surface area contributed by atoms with Crippen LogP contribution in [0.15, 0.2) is 24.3 Å². The van der Waals surface area contributed by atoms with Gasteiger partial charge in [-0.3, -0.25) is 9.59 Å². The molecule has 8 saturated carbocycles. The van der Waals surface area contributed by atoms with Crippen molar-refractivity contribution in [3.05, 3.63) is 24.3 Å². The first-order valence-electron chi connectivity index (χ1n) is 17.2. The van der Waals surface area contributed by atoms with Gasteiger partial charge in [0.1, 0.15) is 16.8 Å². The van der Waals surface area contributed by atoms with Crippen LogP contribution in [0.25, 0.3) is 0 Å². The summed E-state index contributed by atoms with van der Waals surface area (Å²) < 4.78 is 24.0. The summed E-state index contributed by atoms with van der Waals surface area (Å²) in [6, 6.07) is 0. The highest BCUT2D eigenvalue weighted by Gasteiger charge is 2.65. The van der Waals surface area contributed by atoms with Crippen LogP contribution in [0.5, 0.6) is 0 Å². The second kappa shape index (κ2) is 11.6. The Morgan fingerprint density at radius 2 is 1.18 bits per heavy atom. The van der Waals surface area contributed by atoms with E-state index in [2.05, 4.69) is 13.2 Å². The van der Waals surface area contributed by atoms with Crippen molar-refractivity contribution in [1.82, 2.24) is 0 Å². The van der Waals surface area contributed by atoms with E-state index in [1.807, 2.05) is 13.8 Å². The molecule has 0 heterocycles. The highest BCUT2D eigenvalue weighted by atomic mass is 16.6. The third kappa shape index (κ3) is 5.77. The van der Waals surface area contributed by atoms with Gasteiger partial charge in [-0.2, -0.15) is 0 Å². The molecule has 8 rings (SSSR count). The summed E-state index contributed by atoms with van der Waals surface area (Å²) >= 11 is 0. The number of rotatable bonds is 11. The Morgan fingerprint density at radius 1 is 0.689 bits per heavy atom. The van der Waals surface area contributed by atoms with Gasteiger partial charge < -0.3 is 18.9 Å². The lowest BCUT2D eigenvalue weighted by atomic mass is 9.44. The van der Waals surface area contributed by atoms with E-state index in [1.54, 1.807) is 13.8 Å². The molecule has 0 aromatic rings. The Hall–Kier alpha value is -2.64. The Balaban J connectivity index is 1.22. The van der Waals surface area contributed by atoms with E-state index in [0.717, 1.165) is 51.4 Å². The van der Waals surface area contributed by atoms with Crippen LogP contribution >= 0.6 is 0 Å². The molecule has 0 radical (unpaired) electrons. The summed E-state index contributed by atoms with van der Waals surface area (Å²) in [5.41, 5.74) is -1.95. The summed E-state index contributed by atoms with van der Waals surface area (Å²) in [6.07, 6.45) is 9.68. The van der Waals surface area contributed by atoms with Crippen molar-refractivity contribution in [2.45, 2.75) is 122 Å². The van der Waals surface area contributed by atoms with Crippen molar-refractivity contribution in [2.24, 2.45) is 53.3 Å². The quantitative estimate of drug-likeness (QED) is 0.146. The fraction of sp³-hybridized carbons (Fsp3) is 0.784. The molecule has 6 atom stereocenters. The highest BCUT2D eigenvalue weighted by molar-refractivity contribution is 5.88. The first-order chi connectivity index (χ1) is 21.1. The Labute approximate surface area is 268 Å². The third-order valence-electron chi connectivity index (χ3n) is 12.8. The average Bonchev–Trinajstić information content (AvgIpc) is 2.94. The van der Waals surface area contributed by atoms with Gasteiger partial charge in [-0.15, -0.1) is 0 Å². The van der Waals surface area contributed by atoms with Crippen molar-refractivity contribution in [3.8, 4) is 0 Å². The van der Waals surface area contributed by atoms with E-state index < -0.39 is 28.7 Å². The third-order valence-corrected chi connectivity index (χ3v) is 12.8. The van der Waals surface area contributed by atoms with Gasteiger partial charge in [0.05, 0.1) is 20.0 Å². The zero-order chi connectivity index (χ0) is 32.5. The van der Waals surface area contributed by atoms with Crippen LogP contribution in [-0.2, 0) is 38.1 Å². The molecule has 8 aliphatic rings. The molecule has 8 heteroatoms. The molecule has 8 fully saturated rings. The summed E-state index contributed by atoms with van der Waals surface area (Å²) in [5, 5.41) is 0. The second-order valence-electron chi connectivity index (χ2n) is 16.5. The van der Waals surface area contributed by atoms with Crippen molar-refractivity contribution in [2.75, 3.05) is 7.11 Å². The Kier molecular flexibility index (Phi) is 8.30. The monoisotopic (exact) mass is 624 g/mol. The van der Waals surface area contributed by atoms with Gasteiger partial charge in [-0.25, -0.2) is 9.59 Å². The molecule has 8 nitrogen and oxygen atoms in total. The van der Waals surface area contributed by atoms with Gasteiger partial charge in [0.2, 0.25) is 0 Å². The van der Waals surface area contributed by atoms with Crippen molar-refractivity contribution in [3.63, 3.8) is 0 Å². The number of ether oxygens (including phenoxy) is 4. The lowest BCUT2D eigenvalue weighted by Gasteiger charge is -2.63. The minimum atomic E-state index is -0.956. The summed E-state index contributed by atoms with van der Waals surface area (Å²) in [6.45, 7) is 14.8. The van der Waals surface area contributed by atoms with E-state index >= 15 is 0 Å². The molecule has 45 heavy (non-hydrogen) atoms. The maximum Gasteiger partial charge on any atom is 0.333 e. The predicted octanol–water partition coefficient (Wildman–Crippen LogP) is 6.51. The van der Waals surface area contributed by atoms with E-state index in [9.17, 15) is 19.2 Å². The first kappa shape index (κ1) is 32.3. The molecule has 0 N–H and O–H groups in total. The van der Waals surface area contributed by atoms with Crippen LogP contribution < -0.4 is 0 Å². The maximum absolute atomic E-state index is 13.9. The van der Waals surface area contributed by atoms with Crippen LogP contribution in [0.3, 0.4) is 0 Å². The molecular weight excluding hydrogens is 572 g/mol. The van der Waals surface area contributed by atoms with E-state index in [4.69, 9.17) is 18.9 Å². The van der Waals surface area contributed by atoms with Crippen LogP contribution in [0.4, 0.5) is 0 Å². The molecule has 8 bridgehead atoms. The van der Waals surface area contributed by atoms with Gasteiger partial charge in [0, 0.05) is 34.8 Å². The molecule has 0 aliphatic heterocycles. The molecule has 0 aromatic heterocycles. The fourth-order valence-electron chi connectivity index (χ4n) is 11.4. The van der Waals surface area contributed by atoms with Crippen molar-refractivity contribution in [1.29, 1.82) is 0 Å². The van der Waals surface area contributed by atoms with Crippen LogP contribution in [-0.4, -0.2) is 47.8 Å². The summed E-state index contributed by atoms with van der Waals surface area (Å²) in [7, 11) is 1.37. The fourth-order valence-corrected chi connectivity index (χ4v) is 11.4. The van der Waals surface area contributed by atoms with E-state index in [1.165, 1.54) is 13.5 Å². The first-order valence-corrected chi connectivity index (χ1v) is 17.2. The number of hydrogen-bond donors (Lipinski definition) is 0. The number of hydrogen-bond acceptors (Lipinski definition) is 8. The Morgan fingerprint density at radius 3 is 1.71 bits per heavy atom. The molecule has 6 unspecified atom stereocenters. The van der Waals surface area contributed by atoms with Gasteiger partial charge in [-0.05, 0) is 121 Å². The second-order valence-corrected chi connectivity index (χ2v) is 16.5. The minimum absolute atomic E-state index is 0.0232. The lowest BCUT2D eigenvalue weighted by Crippen LogP contribution is -2.64. The van der Waals surface area contributed by atoms with E-state index in [-0.39, 0.29) is 54.4 Å². The zero-order valence-corrected chi connectivity index (χ0v) is 27.9. The van der Waals surface area contributed by atoms with Crippen molar-refractivity contribution < 1.29 is 38.1 Å². The molecule has 248 valence electrons. The number of methoxy groups -OCH3 is 1. The van der Waals surface area contributed by atoms with E-state index in [0.29, 0.717) is 41.2 Å². The van der Waals surface area contributed by atoms with Crippen LogP contribution in [0, 0.1) is 53.3 Å². The summed E-state index contributed by atoms with van der Waals surface area (Å²) in [4.78, 5) is 52.7. The average molecular weight is 625 g/mol. The molecule has 8 aliphatic carbocycles. The molecule has 0 aromatic carbocycles. The number of carbonyl (C=O) groups is 4. The molecule has 0 saturated heterocycles. The molecular formula is C37H52O8. The smallest absolute Gasteiger partial charge is 0.333 e. The number of carbonyl (C=O) groups excluding carboxylic acids is 4. The lowest BCUT2D eigenvalue weighted by molar-refractivity contribution is -0.233. The number of esters is 4. The van der Waals surface area contributed by atoms with Crippen LogP contribution in [0.1, 0.15) is 105 Å². The van der Waals surface area contributed by atoms with Gasteiger partial charge in [0.15, 0.2) is 0 Å². The highest BCUT2D eigenvalue weighted by Crippen LogP contribution is 2.65. The predicted molar refractivity (Wildman–Crippen MR) is 166 cm³/mol. The molecule has 0 spiro atoms.